The van der Waals surface area contributed by atoms with Crippen LogP contribution in [0, 0.1) is 31.6 Å². The lowest BCUT2D eigenvalue weighted by atomic mass is 9.85. The van der Waals surface area contributed by atoms with Gasteiger partial charge in [0, 0.05) is 11.6 Å². The first-order chi connectivity index (χ1) is 11.2. The molecule has 0 radical (unpaired) electrons. The molecular weight excluding hydrogens is 313 g/mol. The lowest BCUT2D eigenvalue weighted by molar-refractivity contribution is 0.399. The van der Waals surface area contributed by atoms with Gasteiger partial charge in [-0.2, -0.15) is 0 Å². The molecule has 1 fully saturated rings. The fourth-order valence-electron chi connectivity index (χ4n) is 4.62. The Morgan fingerprint density at radius 1 is 1.04 bits per heavy atom. The molecule has 0 aliphatic heterocycles. The maximum atomic E-state index is 14.2. The summed E-state index contributed by atoms with van der Waals surface area (Å²) in [6.07, 6.45) is 5.96. The molecule has 0 bridgehead atoms. The largest absolute Gasteiger partial charge is 0.410 e. The van der Waals surface area contributed by atoms with Crippen molar-refractivity contribution in [2.24, 2.45) is 17.8 Å². The second-order valence-corrected chi connectivity index (χ2v) is 13.0. The summed E-state index contributed by atoms with van der Waals surface area (Å²) in [6.45, 7) is 11.3. The van der Waals surface area contributed by atoms with Crippen LogP contribution >= 0.6 is 0 Å². The van der Waals surface area contributed by atoms with Crippen molar-refractivity contribution >= 4 is 13.9 Å². The molecule has 1 aromatic rings. The highest BCUT2D eigenvalue weighted by Crippen LogP contribution is 2.48. The number of benzene rings is 1. The molecule has 0 heterocycles. The molecule has 3 heteroatoms. The van der Waals surface area contributed by atoms with Crippen LogP contribution in [0.2, 0.25) is 19.1 Å². The van der Waals surface area contributed by atoms with Gasteiger partial charge >= 0.3 is 0 Å². The highest BCUT2D eigenvalue weighted by molar-refractivity contribution is 6.80. The first kappa shape index (κ1) is 17.5. The maximum Gasteiger partial charge on any atom is 0.151 e. The fraction of sp³-hybridized carbons (Fsp3) is 0.524. The summed E-state index contributed by atoms with van der Waals surface area (Å²) < 4.78 is 14.2. The Hall–Kier alpha value is -1.35. The predicted molar refractivity (Wildman–Crippen MR) is 104 cm³/mol. The molecule has 1 aromatic carbocycles. The number of anilines is 1. The lowest BCUT2D eigenvalue weighted by Gasteiger charge is -2.32. The molecule has 2 aliphatic rings. The molecule has 3 atom stereocenters. The highest BCUT2D eigenvalue weighted by atomic mass is 28.3. The second kappa shape index (κ2) is 6.51. The standard InChI is InChI=1S/C21H30FNSi/c1-14-8-15(2)10-18(9-14)23-24(4,5)13-17-6-7-21(22)20-12-16(3)11-19(17)20/h6-10,16,19-20,23H,11-13H2,1-5H3/t16-,19?,20?/m1/s1. The van der Waals surface area contributed by atoms with Crippen LogP contribution in [0.25, 0.3) is 0 Å². The molecule has 2 unspecified atom stereocenters. The number of rotatable bonds is 4. The first-order valence-corrected chi connectivity index (χ1v) is 12.4. The van der Waals surface area contributed by atoms with Crippen molar-refractivity contribution in [1.82, 2.24) is 0 Å². The monoisotopic (exact) mass is 343 g/mol. The molecule has 2 aliphatic carbocycles. The summed E-state index contributed by atoms with van der Waals surface area (Å²) in [6, 6.07) is 7.77. The number of nitrogens with one attached hydrogen (secondary N) is 1. The molecule has 24 heavy (non-hydrogen) atoms. The third-order valence-corrected chi connectivity index (χ3v) is 7.69. The van der Waals surface area contributed by atoms with E-state index in [0.717, 1.165) is 18.9 Å². The molecule has 3 rings (SSSR count). The normalized spacial score (nSPS) is 26.7. The summed E-state index contributed by atoms with van der Waals surface area (Å²) in [5.41, 5.74) is 5.31. The molecule has 130 valence electrons. The maximum absolute atomic E-state index is 14.2. The lowest BCUT2D eigenvalue weighted by Crippen LogP contribution is -2.38. The number of hydrogen-bond acceptors (Lipinski definition) is 1. The van der Waals surface area contributed by atoms with Gasteiger partial charge in [0.05, 0.1) is 0 Å². The molecular formula is C21H30FNSi. The molecule has 1 nitrogen and oxygen atoms in total. The van der Waals surface area contributed by atoms with Crippen LogP contribution in [0.15, 0.2) is 41.8 Å². The van der Waals surface area contributed by atoms with Crippen molar-refractivity contribution in [3.05, 3.63) is 52.9 Å². The summed E-state index contributed by atoms with van der Waals surface area (Å²) in [7, 11) is -1.65. The van der Waals surface area contributed by atoms with Crippen LogP contribution in [-0.4, -0.2) is 8.24 Å². The zero-order chi connectivity index (χ0) is 17.5. The number of aryl methyl sites for hydroxylation is 2. The Balaban J connectivity index is 1.76. The van der Waals surface area contributed by atoms with E-state index in [-0.39, 0.29) is 11.7 Å². The van der Waals surface area contributed by atoms with Crippen molar-refractivity contribution in [1.29, 1.82) is 0 Å². The highest BCUT2D eigenvalue weighted by Gasteiger charge is 2.40. The Labute approximate surface area is 147 Å². The third kappa shape index (κ3) is 3.82. The first-order valence-electron chi connectivity index (χ1n) is 9.16. The van der Waals surface area contributed by atoms with Gasteiger partial charge in [-0.3, -0.25) is 0 Å². The van der Waals surface area contributed by atoms with Gasteiger partial charge in [-0.1, -0.05) is 37.7 Å². The Morgan fingerprint density at radius 2 is 1.67 bits per heavy atom. The number of allylic oxidation sites excluding steroid dienone is 4. The van der Waals surface area contributed by atoms with Crippen molar-refractivity contribution in [3.63, 3.8) is 0 Å². The quantitative estimate of drug-likeness (QED) is 0.626. The van der Waals surface area contributed by atoms with Crippen LogP contribution in [0.5, 0.6) is 0 Å². The zero-order valence-corrected chi connectivity index (χ0v) is 16.6. The van der Waals surface area contributed by atoms with E-state index < -0.39 is 8.24 Å². The molecule has 1 N–H and O–H groups in total. The zero-order valence-electron chi connectivity index (χ0n) is 15.6. The molecule has 1 saturated carbocycles. The van der Waals surface area contributed by atoms with Gasteiger partial charge < -0.3 is 4.98 Å². The van der Waals surface area contributed by atoms with Gasteiger partial charge in [0.2, 0.25) is 0 Å². The van der Waals surface area contributed by atoms with E-state index in [0.29, 0.717) is 11.8 Å². The van der Waals surface area contributed by atoms with Crippen molar-refractivity contribution in [2.45, 2.75) is 52.8 Å². The fourth-order valence-corrected chi connectivity index (χ4v) is 7.04. The average Bonchev–Trinajstić information content (AvgIpc) is 2.83. The molecule has 0 spiro atoms. The minimum atomic E-state index is -1.65. The van der Waals surface area contributed by atoms with Gasteiger partial charge in [-0.15, -0.1) is 0 Å². The average molecular weight is 344 g/mol. The van der Waals surface area contributed by atoms with Gasteiger partial charge in [-0.25, -0.2) is 4.39 Å². The van der Waals surface area contributed by atoms with Gasteiger partial charge in [0.15, 0.2) is 8.24 Å². The summed E-state index contributed by atoms with van der Waals surface area (Å²) >= 11 is 0. The molecule has 0 aromatic heterocycles. The van der Waals surface area contributed by atoms with Crippen LogP contribution in [-0.2, 0) is 0 Å². The number of hydrogen-bond donors (Lipinski definition) is 1. The SMILES string of the molecule is Cc1cc(C)cc(N[Si](C)(C)CC2=CC=C(F)C3C[C@H](C)CC23)c1. The van der Waals surface area contributed by atoms with E-state index in [1.54, 1.807) is 6.08 Å². The summed E-state index contributed by atoms with van der Waals surface area (Å²) in [4.78, 5) is 3.83. The van der Waals surface area contributed by atoms with E-state index in [1.807, 2.05) is 0 Å². The van der Waals surface area contributed by atoms with Crippen molar-refractivity contribution in [3.8, 4) is 0 Å². The van der Waals surface area contributed by atoms with E-state index in [9.17, 15) is 4.39 Å². The molecule has 0 saturated heterocycles. The van der Waals surface area contributed by atoms with Crippen LogP contribution in [0.3, 0.4) is 0 Å². The third-order valence-electron chi connectivity index (χ3n) is 5.44. The topological polar surface area (TPSA) is 12.0 Å². The van der Waals surface area contributed by atoms with E-state index >= 15 is 0 Å². The van der Waals surface area contributed by atoms with Crippen LogP contribution in [0.1, 0.15) is 30.9 Å². The predicted octanol–water partition coefficient (Wildman–Crippen LogP) is 6.38. The van der Waals surface area contributed by atoms with E-state index in [1.165, 1.54) is 22.4 Å². The van der Waals surface area contributed by atoms with E-state index in [2.05, 4.69) is 63.1 Å². The smallest absolute Gasteiger partial charge is 0.151 e. The Kier molecular flexibility index (Phi) is 4.74. The minimum absolute atomic E-state index is 0.106. The Bertz CT molecular complexity index is 669. The van der Waals surface area contributed by atoms with E-state index in [4.69, 9.17) is 0 Å². The second-order valence-electron chi connectivity index (χ2n) is 8.64. The van der Waals surface area contributed by atoms with Crippen LogP contribution < -0.4 is 4.98 Å². The van der Waals surface area contributed by atoms with Crippen LogP contribution in [0.4, 0.5) is 10.1 Å². The Morgan fingerprint density at radius 3 is 2.33 bits per heavy atom. The summed E-state index contributed by atoms with van der Waals surface area (Å²) in [5, 5.41) is 0. The number of halogens is 1. The van der Waals surface area contributed by atoms with Gasteiger partial charge in [0.1, 0.15) is 5.83 Å². The number of fused-ring (bicyclic) bond motifs is 1. The molecule has 0 amide bonds. The summed E-state index contributed by atoms with van der Waals surface area (Å²) in [5.74, 6) is 1.32. The van der Waals surface area contributed by atoms with Gasteiger partial charge in [-0.05, 0) is 73.9 Å². The minimum Gasteiger partial charge on any atom is -0.410 e. The van der Waals surface area contributed by atoms with Crippen molar-refractivity contribution in [2.75, 3.05) is 4.98 Å². The van der Waals surface area contributed by atoms with Gasteiger partial charge in [0.25, 0.3) is 0 Å². The van der Waals surface area contributed by atoms with Crippen molar-refractivity contribution < 1.29 is 4.39 Å².